The van der Waals surface area contributed by atoms with Crippen LogP contribution in [0, 0.1) is 0 Å². The molecule has 1 rings (SSSR count). The Balaban J connectivity index is 2.23. The van der Waals surface area contributed by atoms with Gasteiger partial charge in [-0.1, -0.05) is 6.07 Å². The summed E-state index contributed by atoms with van der Waals surface area (Å²) in [5.74, 6) is -0.251. The molecule has 0 fully saturated rings. The molecule has 1 aromatic heterocycles. The zero-order valence-corrected chi connectivity index (χ0v) is 10.8. The van der Waals surface area contributed by atoms with Crippen LogP contribution < -0.4 is 16.0 Å². The average molecular weight is 255 g/mol. The molecule has 94 valence electrons. The normalized spacial score (nSPS) is 11.9. The van der Waals surface area contributed by atoms with E-state index < -0.39 is 0 Å². The molecule has 5 nitrogen and oxygen atoms in total. The summed E-state index contributed by atoms with van der Waals surface area (Å²) in [7, 11) is 1.56. The van der Waals surface area contributed by atoms with Crippen molar-refractivity contribution in [2.24, 2.45) is 0 Å². The van der Waals surface area contributed by atoms with Crippen LogP contribution in [0.5, 0.6) is 0 Å². The minimum Gasteiger partial charge on any atom is -0.358 e. The smallest absolute Gasteiger partial charge is 0.234 e. The summed E-state index contributed by atoms with van der Waals surface area (Å²) in [6.07, 6.45) is 0. The van der Waals surface area contributed by atoms with E-state index in [9.17, 15) is 9.59 Å². The van der Waals surface area contributed by atoms with Crippen LogP contribution >= 0.6 is 11.3 Å². The van der Waals surface area contributed by atoms with Gasteiger partial charge < -0.3 is 10.6 Å². The Morgan fingerprint density at radius 3 is 2.65 bits per heavy atom. The van der Waals surface area contributed by atoms with Crippen molar-refractivity contribution >= 4 is 23.2 Å². The van der Waals surface area contributed by atoms with Gasteiger partial charge in [-0.2, -0.15) is 0 Å². The first kappa shape index (κ1) is 13.7. The number of carbonyl (C=O) groups excluding carboxylic acids is 2. The van der Waals surface area contributed by atoms with E-state index in [0.717, 1.165) is 4.88 Å². The second kappa shape index (κ2) is 7.03. The van der Waals surface area contributed by atoms with Crippen molar-refractivity contribution in [2.75, 3.05) is 20.1 Å². The fourth-order valence-corrected chi connectivity index (χ4v) is 2.01. The van der Waals surface area contributed by atoms with Gasteiger partial charge in [0.25, 0.3) is 0 Å². The van der Waals surface area contributed by atoms with Gasteiger partial charge in [-0.3, -0.25) is 14.9 Å². The molecule has 0 radical (unpaired) electrons. The maximum absolute atomic E-state index is 11.5. The Kier molecular flexibility index (Phi) is 5.65. The molecule has 0 saturated heterocycles. The number of amides is 2. The van der Waals surface area contributed by atoms with Crippen molar-refractivity contribution in [1.29, 1.82) is 0 Å². The van der Waals surface area contributed by atoms with Gasteiger partial charge in [0.05, 0.1) is 19.1 Å². The molecule has 1 atom stereocenters. The Bertz CT molecular complexity index is 365. The van der Waals surface area contributed by atoms with Crippen LogP contribution in [-0.2, 0) is 9.59 Å². The van der Waals surface area contributed by atoms with Gasteiger partial charge in [0.15, 0.2) is 0 Å². The molecular weight excluding hydrogens is 238 g/mol. The largest absolute Gasteiger partial charge is 0.358 e. The molecule has 0 aliphatic heterocycles. The van der Waals surface area contributed by atoms with Gasteiger partial charge in [-0.25, -0.2) is 0 Å². The first-order chi connectivity index (χ1) is 8.13. The van der Waals surface area contributed by atoms with Crippen molar-refractivity contribution < 1.29 is 9.59 Å². The minimum absolute atomic E-state index is 0.00398. The van der Waals surface area contributed by atoms with Gasteiger partial charge in [-0.15, -0.1) is 11.3 Å². The van der Waals surface area contributed by atoms with E-state index in [1.165, 1.54) is 0 Å². The lowest BCUT2D eigenvalue weighted by molar-refractivity contribution is -0.121. The van der Waals surface area contributed by atoms with Gasteiger partial charge in [0.1, 0.15) is 0 Å². The van der Waals surface area contributed by atoms with E-state index in [1.807, 2.05) is 24.4 Å². The standard InChI is InChI=1S/C11H17N3O2S/c1-8(9-4-3-5-17-9)14-11(16)7-13-6-10(15)12-2/h3-5,8,13H,6-7H2,1-2H3,(H,12,15)(H,14,16)/t8-/m0/s1. The highest BCUT2D eigenvalue weighted by molar-refractivity contribution is 7.10. The molecular formula is C11H17N3O2S. The SMILES string of the molecule is CNC(=O)CNCC(=O)N[C@@H](C)c1cccs1. The lowest BCUT2D eigenvalue weighted by Gasteiger charge is -2.12. The first-order valence-electron chi connectivity index (χ1n) is 5.37. The molecule has 0 aliphatic rings. The molecule has 1 heterocycles. The molecule has 0 saturated carbocycles. The number of carbonyl (C=O) groups is 2. The van der Waals surface area contributed by atoms with Crippen LogP contribution in [-0.4, -0.2) is 32.0 Å². The topological polar surface area (TPSA) is 70.2 Å². The average Bonchev–Trinajstić information content (AvgIpc) is 2.82. The first-order valence-corrected chi connectivity index (χ1v) is 6.25. The molecule has 1 aromatic rings. The van der Waals surface area contributed by atoms with E-state index >= 15 is 0 Å². The van der Waals surface area contributed by atoms with Gasteiger partial charge in [0.2, 0.25) is 11.8 Å². The summed E-state index contributed by atoms with van der Waals surface area (Å²) in [5, 5.41) is 10.1. The molecule has 0 unspecified atom stereocenters. The predicted molar refractivity (Wildman–Crippen MR) is 67.8 cm³/mol. The molecule has 17 heavy (non-hydrogen) atoms. The minimum atomic E-state index is -0.135. The number of nitrogens with one attached hydrogen (secondary N) is 3. The number of thiophene rings is 1. The fourth-order valence-electron chi connectivity index (χ4n) is 1.28. The number of likely N-dealkylation sites (N-methyl/N-ethyl adjacent to an activating group) is 1. The van der Waals surface area contributed by atoms with Crippen molar-refractivity contribution in [2.45, 2.75) is 13.0 Å². The third-order valence-corrected chi connectivity index (χ3v) is 3.25. The Hall–Kier alpha value is -1.40. The lowest BCUT2D eigenvalue weighted by atomic mass is 10.3. The van der Waals surface area contributed by atoms with Crippen molar-refractivity contribution in [1.82, 2.24) is 16.0 Å². The summed E-state index contributed by atoms with van der Waals surface area (Å²) in [6.45, 7) is 2.23. The van der Waals surface area contributed by atoms with Crippen LogP contribution in [0.15, 0.2) is 17.5 Å². The highest BCUT2D eigenvalue weighted by Gasteiger charge is 2.09. The Morgan fingerprint density at radius 1 is 1.35 bits per heavy atom. The van der Waals surface area contributed by atoms with Gasteiger partial charge in [0, 0.05) is 11.9 Å². The maximum atomic E-state index is 11.5. The third kappa shape index (κ3) is 4.97. The van der Waals surface area contributed by atoms with Crippen molar-refractivity contribution in [3.63, 3.8) is 0 Å². The van der Waals surface area contributed by atoms with Gasteiger partial charge in [-0.05, 0) is 18.4 Å². The van der Waals surface area contributed by atoms with Crippen molar-refractivity contribution in [3.8, 4) is 0 Å². The fraction of sp³-hybridized carbons (Fsp3) is 0.455. The number of rotatable bonds is 6. The molecule has 0 spiro atoms. The highest BCUT2D eigenvalue weighted by Crippen LogP contribution is 2.17. The zero-order valence-electron chi connectivity index (χ0n) is 9.95. The van der Waals surface area contributed by atoms with E-state index in [4.69, 9.17) is 0 Å². The summed E-state index contributed by atoms with van der Waals surface area (Å²) in [5.41, 5.74) is 0. The van der Waals surface area contributed by atoms with E-state index in [1.54, 1.807) is 18.4 Å². The van der Waals surface area contributed by atoms with E-state index in [-0.39, 0.29) is 30.9 Å². The second-order valence-electron chi connectivity index (χ2n) is 3.58. The number of hydrogen-bond acceptors (Lipinski definition) is 4. The van der Waals surface area contributed by atoms with E-state index in [2.05, 4.69) is 16.0 Å². The maximum Gasteiger partial charge on any atom is 0.234 e. The molecule has 3 N–H and O–H groups in total. The van der Waals surface area contributed by atoms with Crippen LogP contribution in [0.2, 0.25) is 0 Å². The highest BCUT2D eigenvalue weighted by atomic mass is 32.1. The molecule has 0 aromatic carbocycles. The molecule has 0 bridgehead atoms. The Morgan fingerprint density at radius 2 is 2.06 bits per heavy atom. The summed E-state index contributed by atoms with van der Waals surface area (Å²) >= 11 is 1.61. The molecule has 2 amide bonds. The number of hydrogen-bond donors (Lipinski definition) is 3. The predicted octanol–water partition coefficient (Wildman–Crippen LogP) is 0.261. The second-order valence-corrected chi connectivity index (χ2v) is 4.56. The van der Waals surface area contributed by atoms with Crippen molar-refractivity contribution in [3.05, 3.63) is 22.4 Å². The third-order valence-electron chi connectivity index (χ3n) is 2.20. The Labute approximate surface area is 105 Å². The quantitative estimate of drug-likeness (QED) is 0.683. The molecule has 6 heteroatoms. The van der Waals surface area contributed by atoms with Gasteiger partial charge >= 0.3 is 0 Å². The lowest BCUT2D eigenvalue weighted by Crippen LogP contribution is -2.39. The zero-order chi connectivity index (χ0) is 12.7. The van der Waals surface area contributed by atoms with Crippen LogP contribution in [0.25, 0.3) is 0 Å². The van der Waals surface area contributed by atoms with Crippen LogP contribution in [0.4, 0.5) is 0 Å². The summed E-state index contributed by atoms with van der Waals surface area (Å²) in [6, 6.07) is 3.93. The molecule has 0 aliphatic carbocycles. The van der Waals surface area contributed by atoms with Crippen LogP contribution in [0.3, 0.4) is 0 Å². The van der Waals surface area contributed by atoms with Crippen LogP contribution in [0.1, 0.15) is 17.8 Å². The summed E-state index contributed by atoms with van der Waals surface area (Å²) < 4.78 is 0. The summed E-state index contributed by atoms with van der Waals surface area (Å²) in [4.78, 5) is 23.5. The van der Waals surface area contributed by atoms with E-state index in [0.29, 0.717) is 0 Å². The monoisotopic (exact) mass is 255 g/mol.